The van der Waals surface area contributed by atoms with Gasteiger partial charge in [-0.05, 0) is 55.2 Å². The minimum atomic E-state index is -0.332. The molecule has 0 spiro atoms. The zero-order chi connectivity index (χ0) is 23.6. The fourth-order valence-electron chi connectivity index (χ4n) is 4.00. The quantitative estimate of drug-likeness (QED) is 0.604. The van der Waals surface area contributed by atoms with Crippen molar-refractivity contribution in [3.05, 3.63) is 59.5 Å². The van der Waals surface area contributed by atoms with Crippen molar-refractivity contribution in [1.82, 2.24) is 15.2 Å². The SMILES string of the molecule is Cc1ccnc(NC(=O)CCC(=O)N(CC(=O)NCc2ccc(F)cc2)C2CCCCC2)c1. The minimum absolute atomic E-state index is 0.00400. The van der Waals surface area contributed by atoms with Crippen molar-refractivity contribution < 1.29 is 18.8 Å². The first kappa shape index (κ1) is 24.4. The van der Waals surface area contributed by atoms with Crippen LogP contribution in [0.1, 0.15) is 56.1 Å². The van der Waals surface area contributed by atoms with Crippen LogP contribution in [-0.4, -0.2) is 40.2 Å². The number of nitrogens with one attached hydrogen (secondary N) is 2. The van der Waals surface area contributed by atoms with Gasteiger partial charge in [0.2, 0.25) is 17.7 Å². The molecule has 0 unspecified atom stereocenters. The van der Waals surface area contributed by atoms with Gasteiger partial charge in [0, 0.05) is 31.6 Å². The summed E-state index contributed by atoms with van der Waals surface area (Å²) >= 11 is 0. The van der Waals surface area contributed by atoms with Crippen LogP contribution in [0.4, 0.5) is 10.2 Å². The van der Waals surface area contributed by atoms with E-state index in [4.69, 9.17) is 0 Å². The Morgan fingerprint density at radius 3 is 2.45 bits per heavy atom. The molecular formula is C25H31FN4O3. The summed E-state index contributed by atoms with van der Waals surface area (Å²) in [6.07, 6.45) is 6.55. The maximum Gasteiger partial charge on any atom is 0.239 e. The number of halogens is 1. The molecule has 1 fully saturated rings. The Morgan fingerprint density at radius 1 is 1.03 bits per heavy atom. The Labute approximate surface area is 193 Å². The van der Waals surface area contributed by atoms with Gasteiger partial charge in [-0.15, -0.1) is 0 Å². The number of nitrogens with zero attached hydrogens (tertiary/aromatic N) is 2. The first-order valence-corrected chi connectivity index (χ1v) is 11.4. The van der Waals surface area contributed by atoms with E-state index in [2.05, 4.69) is 15.6 Å². The number of hydrogen-bond acceptors (Lipinski definition) is 4. The van der Waals surface area contributed by atoms with Crippen LogP contribution in [-0.2, 0) is 20.9 Å². The number of carbonyl (C=O) groups excluding carboxylic acids is 3. The largest absolute Gasteiger partial charge is 0.350 e. The highest BCUT2D eigenvalue weighted by atomic mass is 19.1. The molecule has 0 aliphatic heterocycles. The molecular weight excluding hydrogens is 423 g/mol. The summed E-state index contributed by atoms with van der Waals surface area (Å²) in [5, 5.41) is 5.52. The molecule has 0 bridgehead atoms. The monoisotopic (exact) mass is 454 g/mol. The van der Waals surface area contributed by atoms with Crippen LogP contribution >= 0.6 is 0 Å². The van der Waals surface area contributed by atoms with Gasteiger partial charge in [0.1, 0.15) is 11.6 Å². The molecule has 2 N–H and O–H groups in total. The van der Waals surface area contributed by atoms with Crippen molar-refractivity contribution in [2.24, 2.45) is 0 Å². The summed E-state index contributed by atoms with van der Waals surface area (Å²) in [4.78, 5) is 43.6. The lowest BCUT2D eigenvalue weighted by Gasteiger charge is -2.34. The highest BCUT2D eigenvalue weighted by molar-refractivity contribution is 5.93. The van der Waals surface area contributed by atoms with Gasteiger partial charge in [-0.1, -0.05) is 31.4 Å². The summed E-state index contributed by atoms with van der Waals surface area (Å²) in [5.74, 6) is -0.637. The van der Waals surface area contributed by atoms with E-state index in [-0.39, 0.29) is 55.5 Å². The van der Waals surface area contributed by atoms with Gasteiger partial charge < -0.3 is 15.5 Å². The number of pyridine rings is 1. The lowest BCUT2D eigenvalue weighted by Crippen LogP contribution is -2.47. The molecule has 1 aliphatic carbocycles. The Kier molecular flexibility index (Phi) is 8.92. The fraction of sp³-hybridized carbons (Fsp3) is 0.440. The van der Waals surface area contributed by atoms with E-state index < -0.39 is 0 Å². The van der Waals surface area contributed by atoms with E-state index in [1.54, 1.807) is 29.3 Å². The number of aromatic nitrogens is 1. The topological polar surface area (TPSA) is 91.4 Å². The number of aryl methyl sites for hydroxylation is 1. The predicted molar refractivity (Wildman–Crippen MR) is 124 cm³/mol. The van der Waals surface area contributed by atoms with Crippen molar-refractivity contribution in [3.8, 4) is 0 Å². The van der Waals surface area contributed by atoms with Crippen molar-refractivity contribution in [3.63, 3.8) is 0 Å². The highest BCUT2D eigenvalue weighted by Gasteiger charge is 2.27. The second-order valence-electron chi connectivity index (χ2n) is 8.48. The first-order chi connectivity index (χ1) is 15.9. The molecule has 2 aromatic rings. The maximum atomic E-state index is 13.1. The predicted octanol–water partition coefficient (Wildman–Crippen LogP) is 3.73. The Morgan fingerprint density at radius 2 is 1.76 bits per heavy atom. The van der Waals surface area contributed by atoms with Gasteiger partial charge in [-0.2, -0.15) is 0 Å². The van der Waals surface area contributed by atoms with E-state index in [0.717, 1.165) is 43.2 Å². The summed E-state index contributed by atoms with van der Waals surface area (Å²) in [6, 6.07) is 9.52. The molecule has 33 heavy (non-hydrogen) atoms. The minimum Gasteiger partial charge on any atom is -0.350 e. The van der Waals surface area contributed by atoms with Crippen LogP contribution in [0.15, 0.2) is 42.6 Å². The van der Waals surface area contributed by atoms with E-state index in [9.17, 15) is 18.8 Å². The van der Waals surface area contributed by atoms with Crippen LogP contribution in [0.3, 0.4) is 0 Å². The molecule has 1 saturated carbocycles. The van der Waals surface area contributed by atoms with Crippen LogP contribution in [0.2, 0.25) is 0 Å². The average molecular weight is 455 g/mol. The lowest BCUT2D eigenvalue weighted by atomic mass is 9.94. The van der Waals surface area contributed by atoms with Crippen molar-refractivity contribution in [2.45, 2.75) is 64.5 Å². The van der Waals surface area contributed by atoms with E-state index in [1.807, 2.05) is 13.0 Å². The van der Waals surface area contributed by atoms with Gasteiger partial charge in [-0.3, -0.25) is 14.4 Å². The highest BCUT2D eigenvalue weighted by Crippen LogP contribution is 2.23. The Balaban J connectivity index is 1.54. The average Bonchev–Trinajstić information content (AvgIpc) is 2.81. The number of amides is 3. The van der Waals surface area contributed by atoms with Gasteiger partial charge in [0.05, 0.1) is 6.54 Å². The number of rotatable bonds is 9. The molecule has 176 valence electrons. The number of carbonyl (C=O) groups is 3. The second-order valence-corrected chi connectivity index (χ2v) is 8.48. The molecule has 1 heterocycles. The van der Waals surface area contributed by atoms with Crippen LogP contribution in [0.25, 0.3) is 0 Å². The zero-order valence-corrected chi connectivity index (χ0v) is 19.0. The normalized spacial score (nSPS) is 13.9. The zero-order valence-electron chi connectivity index (χ0n) is 19.0. The molecule has 1 aromatic heterocycles. The van der Waals surface area contributed by atoms with Gasteiger partial charge in [0.25, 0.3) is 0 Å². The van der Waals surface area contributed by atoms with Crippen LogP contribution in [0, 0.1) is 12.7 Å². The lowest BCUT2D eigenvalue weighted by molar-refractivity contribution is -0.139. The van der Waals surface area contributed by atoms with Crippen molar-refractivity contribution in [2.75, 3.05) is 11.9 Å². The molecule has 0 radical (unpaired) electrons. The van der Waals surface area contributed by atoms with Gasteiger partial charge in [-0.25, -0.2) is 9.37 Å². The third-order valence-corrected chi connectivity index (χ3v) is 5.80. The third kappa shape index (κ3) is 7.97. The Hall–Kier alpha value is -3.29. The molecule has 3 amide bonds. The number of anilines is 1. The van der Waals surface area contributed by atoms with Crippen molar-refractivity contribution in [1.29, 1.82) is 0 Å². The smallest absolute Gasteiger partial charge is 0.239 e. The molecule has 7 nitrogen and oxygen atoms in total. The molecule has 0 atom stereocenters. The standard InChI is InChI=1S/C25H31FN4O3/c1-18-13-14-27-22(15-18)29-23(31)11-12-25(33)30(21-5-3-2-4-6-21)17-24(32)28-16-19-7-9-20(26)10-8-19/h7-10,13-15,21H,2-6,11-12,16-17H2,1H3,(H,28,32)(H,27,29,31). The third-order valence-electron chi connectivity index (χ3n) is 5.80. The fourth-order valence-corrected chi connectivity index (χ4v) is 4.00. The Bertz CT molecular complexity index is 958. The van der Waals surface area contributed by atoms with Gasteiger partial charge >= 0.3 is 0 Å². The molecule has 1 aliphatic rings. The summed E-state index contributed by atoms with van der Waals surface area (Å²) in [7, 11) is 0. The summed E-state index contributed by atoms with van der Waals surface area (Å²) < 4.78 is 13.1. The maximum absolute atomic E-state index is 13.1. The van der Waals surface area contributed by atoms with Gasteiger partial charge in [0.15, 0.2) is 0 Å². The van der Waals surface area contributed by atoms with E-state index >= 15 is 0 Å². The molecule has 8 heteroatoms. The van der Waals surface area contributed by atoms with Crippen molar-refractivity contribution >= 4 is 23.5 Å². The van der Waals surface area contributed by atoms with E-state index in [1.165, 1.54) is 12.1 Å². The summed E-state index contributed by atoms with van der Waals surface area (Å²) in [5.41, 5.74) is 1.76. The second kappa shape index (κ2) is 12.1. The summed E-state index contributed by atoms with van der Waals surface area (Å²) in [6.45, 7) is 2.12. The molecule has 1 aromatic carbocycles. The van der Waals surface area contributed by atoms with E-state index in [0.29, 0.717) is 5.82 Å². The molecule has 3 rings (SSSR count). The number of benzene rings is 1. The molecule has 0 saturated heterocycles. The van der Waals surface area contributed by atoms with Crippen LogP contribution < -0.4 is 10.6 Å². The first-order valence-electron chi connectivity index (χ1n) is 11.4. The number of hydrogen-bond donors (Lipinski definition) is 2. The van der Waals surface area contributed by atoms with Crippen LogP contribution in [0.5, 0.6) is 0 Å².